The molecule has 0 amide bonds. The number of hydrogen-bond acceptors (Lipinski definition) is 1. The number of nitrogens with zero attached hydrogens (tertiary/aromatic N) is 2. The zero-order chi connectivity index (χ0) is 12.4. The molecule has 2 rings (SSSR count). The van der Waals surface area contributed by atoms with Crippen molar-refractivity contribution >= 4 is 0 Å². The van der Waals surface area contributed by atoms with Crippen molar-refractivity contribution in [2.75, 3.05) is 0 Å². The highest BCUT2D eigenvalue weighted by Crippen LogP contribution is 2.27. The predicted molar refractivity (Wildman–Crippen MR) is 69.7 cm³/mol. The molecule has 0 bridgehead atoms. The van der Waals surface area contributed by atoms with Gasteiger partial charge in [-0.3, -0.25) is 0 Å². The molecule has 1 aromatic heterocycles. The average Bonchev–Trinajstić information content (AvgIpc) is 2.73. The van der Waals surface area contributed by atoms with Crippen molar-refractivity contribution in [2.24, 2.45) is 0 Å². The Kier molecular flexibility index (Phi) is 3.01. The summed E-state index contributed by atoms with van der Waals surface area (Å²) in [7, 11) is 0. The van der Waals surface area contributed by atoms with Gasteiger partial charge in [-0.05, 0) is 32.4 Å². The van der Waals surface area contributed by atoms with Crippen molar-refractivity contribution < 1.29 is 0 Å². The van der Waals surface area contributed by atoms with Crippen molar-refractivity contribution in [1.29, 1.82) is 5.26 Å². The van der Waals surface area contributed by atoms with Gasteiger partial charge in [0.2, 0.25) is 0 Å². The lowest BCUT2D eigenvalue weighted by Crippen LogP contribution is -2.01. The first-order valence-corrected chi connectivity index (χ1v) is 5.81. The van der Waals surface area contributed by atoms with Crippen LogP contribution in [-0.2, 0) is 0 Å². The van der Waals surface area contributed by atoms with Crippen LogP contribution in [0, 0.1) is 18.3 Å². The van der Waals surface area contributed by atoms with Gasteiger partial charge in [0.1, 0.15) is 6.07 Å². The molecule has 0 atom stereocenters. The Morgan fingerprint density at radius 2 is 1.76 bits per heavy atom. The molecule has 1 heterocycles. The van der Waals surface area contributed by atoms with E-state index in [1.54, 1.807) is 0 Å². The summed E-state index contributed by atoms with van der Waals surface area (Å²) in [6.07, 6.45) is 1.98. The van der Waals surface area contributed by atoms with Crippen LogP contribution in [0.5, 0.6) is 0 Å². The Balaban J connectivity index is 2.61. The minimum absolute atomic E-state index is 0.355. The molecule has 0 aliphatic rings. The maximum atomic E-state index is 9.17. The van der Waals surface area contributed by atoms with Crippen LogP contribution in [0.1, 0.15) is 31.0 Å². The van der Waals surface area contributed by atoms with Gasteiger partial charge in [0.25, 0.3) is 0 Å². The molecular formula is C15H16N2. The molecule has 0 radical (unpaired) electrons. The predicted octanol–water partition coefficient (Wildman–Crippen LogP) is 3.92. The Hall–Kier alpha value is -2.01. The van der Waals surface area contributed by atoms with E-state index < -0.39 is 0 Å². The fraction of sp³-hybridized carbons (Fsp3) is 0.267. The van der Waals surface area contributed by atoms with Gasteiger partial charge in [0.15, 0.2) is 0 Å². The Morgan fingerprint density at radius 1 is 1.12 bits per heavy atom. The molecule has 2 nitrogen and oxygen atoms in total. The van der Waals surface area contributed by atoms with Crippen LogP contribution in [0.25, 0.3) is 11.3 Å². The highest BCUT2D eigenvalue weighted by Gasteiger charge is 2.12. The number of hydrogen-bond donors (Lipinski definition) is 0. The quantitative estimate of drug-likeness (QED) is 0.760. The SMILES string of the molecule is Cc1ccc(-c2c(C#N)ccn2C(C)C)cc1. The van der Waals surface area contributed by atoms with Gasteiger partial charge in [0.05, 0.1) is 11.3 Å². The first-order valence-electron chi connectivity index (χ1n) is 5.81. The zero-order valence-corrected chi connectivity index (χ0v) is 10.4. The normalized spacial score (nSPS) is 10.5. The smallest absolute Gasteiger partial charge is 0.101 e. The standard InChI is InChI=1S/C15H16N2/c1-11(2)17-9-8-14(10-16)15(17)13-6-4-12(3)5-7-13/h4-9,11H,1-3H3. The molecule has 86 valence electrons. The van der Waals surface area contributed by atoms with E-state index in [4.69, 9.17) is 5.26 Å². The molecule has 0 spiro atoms. The second-order valence-electron chi connectivity index (χ2n) is 4.56. The van der Waals surface area contributed by atoms with E-state index in [0.717, 1.165) is 16.8 Å². The van der Waals surface area contributed by atoms with Gasteiger partial charge >= 0.3 is 0 Å². The summed E-state index contributed by atoms with van der Waals surface area (Å²) in [4.78, 5) is 0. The number of aryl methyl sites for hydroxylation is 1. The zero-order valence-electron chi connectivity index (χ0n) is 10.4. The monoisotopic (exact) mass is 224 g/mol. The lowest BCUT2D eigenvalue weighted by atomic mass is 10.1. The van der Waals surface area contributed by atoms with E-state index in [-0.39, 0.29) is 0 Å². The summed E-state index contributed by atoms with van der Waals surface area (Å²) in [5, 5.41) is 9.17. The highest BCUT2D eigenvalue weighted by atomic mass is 15.0. The van der Waals surface area contributed by atoms with Crippen LogP contribution in [0.3, 0.4) is 0 Å². The first-order chi connectivity index (χ1) is 8.13. The molecular weight excluding hydrogens is 208 g/mol. The van der Waals surface area contributed by atoms with E-state index in [1.165, 1.54) is 5.56 Å². The minimum Gasteiger partial charge on any atom is -0.344 e. The van der Waals surface area contributed by atoms with Crippen LogP contribution in [0.4, 0.5) is 0 Å². The van der Waals surface area contributed by atoms with E-state index in [2.05, 4.69) is 55.7 Å². The Labute approximate surface area is 102 Å². The molecule has 0 saturated heterocycles. The molecule has 0 N–H and O–H groups in total. The summed E-state index contributed by atoms with van der Waals surface area (Å²) in [5.74, 6) is 0. The third-order valence-corrected chi connectivity index (χ3v) is 2.92. The largest absolute Gasteiger partial charge is 0.344 e. The first kappa shape index (κ1) is 11.5. The third-order valence-electron chi connectivity index (χ3n) is 2.92. The molecule has 2 heteroatoms. The van der Waals surface area contributed by atoms with Crippen molar-refractivity contribution in [2.45, 2.75) is 26.8 Å². The minimum atomic E-state index is 0.355. The fourth-order valence-corrected chi connectivity index (χ4v) is 1.98. The molecule has 2 aromatic rings. The molecule has 17 heavy (non-hydrogen) atoms. The average molecular weight is 224 g/mol. The van der Waals surface area contributed by atoms with Gasteiger partial charge < -0.3 is 4.57 Å². The maximum absolute atomic E-state index is 9.17. The lowest BCUT2D eigenvalue weighted by molar-refractivity contribution is 0.609. The van der Waals surface area contributed by atoms with Gasteiger partial charge in [-0.25, -0.2) is 0 Å². The summed E-state index contributed by atoms with van der Waals surface area (Å²) in [5.41, 5.74) is 4.09. The van der Waals surface area contributed by atoms with Crippen LogP contribution in [0.15, 0.2) is 36.5 Å². The second kappa shape index (κ2) is 4.47. The summed E-state index contributed by atoms with van der Waals surface area (Å²) >= 11 is 0. The Bertz CT molecular complexity index is 554. The van der Waals surface area contributed by atoms with E-state index >= 15 is 0 Å². The van der Waals surface area contributed by atoms with Gasteiger partial charge in [-0.15, -0.1) is 0 Å². The van der Waals surface area contributed by atoms with Crippen LogP contribution >= 0.6 is 0 Å². The molecule has 0 aliphatic heterocycles. The molecule has 0 fully saturated rings. The van der Waals surface area contributed by atoms with E-state index in [1.807, 2.05) is 12.3 Å². The second-order valence-corrected chi connectivity index (χ2v) is 4.56. The van der Waals surface area contributed by atoms with Crippen LogP contribution in [-0.4, -0.2) is 4.57 Å². The van der Waals surface area contributed by atoms with Crippen molar-refractivity contribution in [1.82, 2.24) is 4.57 Å². The Morgan fingerprint density at radius 3 is 2.29 bits per heavy atom. The van der Waals surface area contributed by atoms with Crippen molar-refractivity contribution in [3.63, 3.8) is 0 Å². The number of nitriles is 1. The van der Waals surface area contributed by atoms with E-state index in [0.29, 0.717) is 6.04 Å². The molecule has 0 aliphatic carbocycles. The summed E-state index contributed by atoms with van der Waals surface area (Å²) < 4.78 is 2.14. The fourth-order valence-electron chi connectivity index (χ4n) is 1.98. The van der Waals surface area contributed by atoms with E-state index in [9.17, 15) is 0 Å². The highest BCUT2D eigenvalue weighted by molar-refractivity contribution is 5.68. The molecule has 0 unspecified atom stereocenters. The van der Waals surface area contributed by atoms with Gasteiger partial charge in [0, 0.05) is 12.2 Å². The summed E-state index contributed by atoms with van der Waals surface area (Å²) in [6.45, 7) is 6.31. The topological polar surface area (TPSA) is 28.7 Å². The van der Waals surface area contributed by atoms with Gasteiger partial charge in [-0.2, -0.15) is 5.26 Å². The third kappa shape index (κ3) is 2.09. The number of rotatable bonds is 2. The maximum Gasteiger partial charge on any atom is 0.101 e. The van der Waals surface area contributed by atoms with Gasteiger partial charge in [-0.1, -0.05) is 29.8 Å². The summed E-state index contributed by atoms with van der Waals surface area (Å²) in [6, 6.07) is 12.8. The van der Waals surface area contributed by atoms with Crippen molar-refractivity contribution in [3.05, 3.63) is 47.7 Å². The molecule has 1 aromatic carbocycles. The lowest BCUT2D eigenvalue weighted by Gasteiger charge is -2.13. The molecule has 0 saturated carbocycles. The van der Waals surface area contributed by atoms with Crippen LogP contribution < -0.4 is 0 Å². The van der Waals surface area contributed by atoms with Crippen molar-refractivity contribution in [3.8, 4) is 17.3 Å². The van der Waals surface area contributed by atoms with Crippen LogP contribution in [0.2, 0.25) is 0 Å². The number of benzene rings is 1. The number of aromatic nitrogens is 1.